The topological polar surface area (TPSA) is 118 Å². The van der Waals surface area contributed by atoms with Crippen LogP contribution in [0.3, 0.4) is 0 Å². The molecule has 0 spiro atoms. The number of carbonyl (C=O) groups is 2. The van der Waals surface area contributed by atoms with Crippen molar-refractivity contribution < 1.29 is 30.0 Å². The van der Waals surface area contributed by atoms with Crippen LogP contribution in [-0.4, -0.2) is 56.5 Å². The second-order valence-electron chi connectivity index (χ2n) is 9.44. The zero-order valence-corrected chi connectivity index (χ0v) is 21.5. The molecule has 0 unspecified atom stereocenters. The molecule has 192 valence electrons. The lowest BCUT2D eigenvalue weighted by Gasteiger charge is -2.36. The van der Waals surface area contributed by atoms with Gasteiger partial charge in [0.15, 0.2) is 0 Å². The molecule has 7 nitrogen and oxygen atoms in total. The van der Waals surface area contributed by atoms with Gasteiger partial charge in [0.05, 0.1) is 42.7 Å². The van der Waals surface area contributed by atoms with Crippen molar-refractivity contribution in [2.24, 2.45) is 17.8 Å². The Bertz CT molecular complexity index is 1190. The van der Waals surface area contributed by atoms with Crippen LogP contribution >= 0.6 is 22.9 Å². The number of rotatable bonds is 9. The minimum absolute atomic E-state index is 0.0771. The third kappa shape index (κ3) is 5.28. The molecule has 0 radical (unpaired) electrons. The maximum Gasteiger partial charge on any atom is 0.234 e. The minimum Gasteiger partial charge on any atom is -0.508 e. The zero-order valence-electron chi connectivity index (χ0n) is 19.9. The van der Waals surface area contributed by atoms with E-state index in [1.54, 1.807) is 12.1 Å². The molecule has 2 aromatic rings. The number of likely N-dealkylation sites (tertiary alicyclic amines) is 1. The van der Waals surface area contributed by atoms with E-state index in [9.17, 15) is 30.0 Å². The highest BCUT2D eigenvalue weighted by molar-refractivity contribution is 7.09. The van der Waals surface area contributed by atoms with E-state index in [-0.39, 0.29) is 37.1 Å². The number of nitrogens with zero attached hydrogens (tertiary/aromatic N) is 1. The zero-order chi connectivity index (χ0) is 26.0. The molecule has 0 bridgehead atoms. The minimum atomic E-state index is -0.988. The van der Waals surface area contributed by atoms with Crippen molar-refractivity contribution in [1.29, 1.82) is 0 Å². The monoisotopic (exact) mass is 531 g/mol. The number of fused-ring (bicyclic) bond motifs is 1. The van der Waals surface area contributed by atoms with Crippen molar-refractivity contribution in [2.75, 3.05) is 13.2 Å². The smallest absolute Gasteiger partial charge is 0.234 e. The molecule has 1 fully saturated rings. The van der Waals surface area contributed by atoms with E-state index in [0.29, 0.717) is 29.0 Å². The Morgan fingerprint density at radius 2 is 2.03 bits per heavy atom. The second kappa shape index (κ2) is 11.3. The molecule has 4 atom stereocenters. The fourth-order valence-corrected chi connectivity index (χ4v) is 6.30. The van der Waals surface area contributed by atoms with Gasteiger partial charge in [0.1, 0.15) is 5.75 Å². The number of aliphatic hydroxyl groups excluding tert-OH is 3. The number of hydrogen-bond acceptors (Lipinski definition) is 7. The molecular formula is C27H30ClNO6S. The van der Waals surface area contributed by atoms with Gasteiger partial charge in [-0.3, -0.25) is 14.5 Å². The lowest BCUT2D eigenvalue weighted by atomic mass is 9.68. The van der Waals surface area contributed by atoms with Crippen molar-refractivity contribution in [3.05, 3.63) is 67.9 Å². The summed E-state index contributed by atoms with van der Waals surface area (Å²) in [6, 6.07) is 8.44. The van der Waals surface area contributed by atoms with Crippen LogP contribution in [-0.2, 0) is 16.1 Å². The van der Waals surface area contributed by atoms with Gasteiger partial charge in [-0.2, -0.15) is 0 Å². The summed E-state index contributed by atoms with van der Waals surface area (Å²) in [7, 11) is 0. The van der Waals surface area contributed by atoms with Crippen molar-refractivity contribution >= 4 is 40.8 Å². The predicted octanol–water partition coefficient (Wildman–Crippen LogP) is 3.75. The SMILES string of the molecule is C/C(=C\c1ccc(O)cc1Cl)CC[C@@H](O)C1=C(CO)C[C@H]2C(=O)N(Cc3cccs3)C(=O)[C@H]2[C@H]1CO. The number of aliphatic hydroxyl groups is 3. The van der Waals surface area contributed by atoms with Crippen LogP contribution in [0.4, 0.5) is 0 Å². The number of phenols is 1. The van der Waals surface area contributed by atoms with Crippen LogP contribution < -0.4 is 0 Å². The Hall–Kier alpha value is -2.49. The number of halogens is 1. The van der Waals surface area contributed by atoms with Crippen LogP contribution in [0.2, 0.25) is 5.02 Å². The third-order valence-electron chi connectivity index (χ3n) is 7.11. The van der Waals surface area contributed by atoms with Gasteiger partial charge < -0.3 is 20.4 Å². The Morgan fingerprint density at radius 3 is 2.67 bits per heavy atom. The molecular weight excluding hydrogens is 502 g/mol. The Morgan fingerprint density at radius 1 is 1.25 bits per heavy atom. The summed E-state index contributed by atoms with van der Waals surface area (Å²) in [5.74, 6) is -2.69. The molecule has 36 heavy (non-hydrogen) atoms. The summed E-state index contributed by atoms with van der Waals surface area (Å²) >= 11 is 7.65. The highest BCUT2D eigenvalue weighted by Crippen LogP contribution is 2.46. The van der Waals surface area contributed by atoms with E-state index in [4.69, 9.17) is 11.6 Å². The first-order chi connectivity index (χ1) is 17.2. The number of imide groups is 1. The maximum atomic E-state index is 13.3. The maximum absolute atomic E-state index is 13.3. The summed E-state index contributed by atoms with van der Waals surface area (Å²) in [5, 5.41) is 43.4. The van der Waals surface area contributed by atoms with Gasteiger partial charge in [-0.1, -0.05) is 29.3 Å². The summed E-state index contributed by atoms with van der Waals surface area (Å²) in [4.78, 5) is 28.6. The van der Waals surface area contributed by atoms with Gasteiger partial charge in [-0.25, -0.2) is 0 Å². The molecule has 0 saturated carbocycles. The number of thiophene rings is 1. The highest BCUT2D eigenvalue weighted by atomic mass is 35.5. The third-order valence-corrected chi connectivity index (χ3v) is 8.30. The number of amides is 2. The fourth-order valence-electron chi connectivity index (χ4n) is 5.38. The molecule has 1 aliphatic heterocycles. The summed E-state index contributed by atoms with van der Waals surface area (Å²) < 4.78 is 0. The lowest BCUT2D eigenvalue weighted by Crippen LogP contribution is -2.39. The first-order valence-electron chi connectivity index (χ1n) is 11.9. The van der Waals surface area contributed by atoms with E-state index in [1.165, 1.54) is 22.3 Å². The number of allylic oxidation sites excluding steroid dienone is 1. The average molecular weight is 532 g/mol. The summed E-state index contributed by atoms with van der Waals surface area (Å²) in [6.07, 6.45) is 1.89. The van der Waals surface area contributed by atoms with E-state index in [1.807, 2.05) is 30.5 Å². The van der Waals surface area contributed by atoms with Crippen molar-refractivity contribution in [3.8, 4) is 5.75 Å². The Balaban J connectivity index is 1.52. The summed E-state index contributed by atoms with van der Waals surface area (Å²) in [5.41, 5.74) is 2.67. The van der Waals surface area contributed by atoms with E-state index in [0.717, 1.165) is 16.0 Å². The van der Waals surface area contributed by atoms with Gasteiger partial charge in [0, 0.05) is 10.8 Å². The molecule has 2 aliphatic rings. The van der Waals surface area contributed by atoms with Gasteiger partial charge in [0.2, 0.25) is 11.8 Å². The molecule has 2 amide bonds. The van der Waals surface area contributed by atoms with Crippen LogP contribution in [0, 0.1) is 17.8 Å². The molecule has 1 saturated heterocycles. The number of carbonyl (C=O) groups excluding carboxylic acids is 2. The highest BCUT2D eigenvalue weighted by Gasteiger charge is 2.54. The molecule has 4 N–H and O–H groups in total. The van der Waals surface area contributed by atoms with Crippen LogP contribution in [0.1, 0.15) is 36.6 Å². The molecule has 1 aliphatic carbocycles. The van der Waals surface area contributed by atoms with Crippen molar-refractivity contribution in [3.63, 3.8) is 0 Å². The first kappa shape index (κ1) is 26.6. The molecule has 9 heteroatoms. The quantitative estimate of drug-likeness (QED) is 0.289. The largest absolute Gasteiger partial charge is 0.508 e. The van der Waals surface area contributed by atoms with E-state index >= 15 is 0 Å². The van der Waals surface area contributed by atoms with Crippen LogP contribution in [0.15, 0.2) is 52.4 Å². The normalized spacial score (nSPS) is 23.4. The van der Waals surface area contributed by atoms with Crippen LogP contribution in [0.5, 0.6) is 5.75 Å². The number of aromatic hydroxyl groups is 1. The predicted molar refractivity (Wildman–Crippen MR) is 138 cm³/mol. The molecule has 4 rings (SSSR count). The summed E-state index contributed by atoms with van der Waals surface area (Å²) in [6.45, 7) is 1.34. The Labute approximate surface area is 219 Å². The van der Waals surface area contributed by atoms with Gasteiger partial charge in [0.25, 0.3) is 0 Å². The second-order valence-corrected chi connectivity index (χ2v) is 10.9. The van der Waals surface area contributed by atoms with Gasteiger partial charge in [-0.05, 0) is 72.5 Å². The Kier molecular flexibility index (Phi) is 8.32. The first-order valence-corrected chi connectivity index (χ1v) is 13.2. The number of phenolic OH excluding ortho intramolecular Hbond substituents is 1. The number of benzene rings is 1. The molecule has 2 heterocycles. The van der Waals surface area contributed by atoms with Crippen molar-refractivity contribution in [1.82, 2.24) is 4.90 Å². The van der Waals surface area contributed by atoms with Gasteiger partial charge >= 0.3 is 0 Å². The van der Waals surface area contributed by atoms with E-state index < -0.39 is 30.5 Å². The van der Waals surface area contributed by atoms with Gasteiger partial charge in [-0.15, -0.1) is 11.3 Å². The van der Waals surface area contributed by atoms with E-state index in [2.05, 4.69) is 0 Å². The average Bonchev–Trinajstić information content (AvgIpc) is 3.46. The number of hydrogen-bond donors (Lipinski definition) is 4. The molecule has 1 aromatic heterocycles. The van der Waals surface area contributed by atoms with Crippen LogP contribution in [0.25, 0.3) is 6.08 Å². The molecule has 1 aromatic carbocycles. The fraction of sp³-hybridized carbons (Fsp3) is 0.407. The standard InChI is InChI=1S/C27H30ClNO6S/c1-15(9-16-5-6-18(32)11-22(16)28)4-7-23(33)24-17(13-30)10-20-25(21(24)14-31)27(35)29(26(20)34)12-19-3-2-8-36-19/h2-3,5-6,8-9,11,20-21,23,25,30-33H,4,7,10,12-14H2,1H3/b15-9+/t20-,21+,23-,25-/m1/s1. The lowest BCUT2D eigenvalue weighted by molar-refractivity contribution is -0.140. The van der Waals surface area contributed by atoms with Crippen molar-refractivity contribution in [2.45, 2.75) is 38.8 Å².